The summed E-state index contributed by atoms with van der Waals surface area (Å²) >= 11 is 0. The molecule has 0 spiro atoms. The standard InChI is InChI=1S/C21H19F6NO4/c1-11(9-31-13(3)29)10-32-18-12(2)8-16(19(30)21(25,26)27)28-17(18)14-4-6-15(7-5-14)20(22,23)24/h4-8,19,30H,1,9-10H2,2-3H3. The Balaban J connectivity index is 2.48. The number of alkyl halides is 6. The lowest BCUT2D eigenvalue weighted by atomic mass is 10.0. The predicted molar refractivity (Wildman–Crippen MR) is 102 cm³/mol. The second kappa shape index (κ2) is 9.60. The van der Waals surface area contributed by atoms with E-state index in [1.807, 2.05) is 0 Å². The van der Waals surface area contributed by atoms with Crippen molar-refractivity contribution < 1.29 is 45.7 Å². The van der Waals surface area contributed by atoms with Gasteiger partial charge < -0.3 is 14.6 Å². The number of aromatic nitrogens is 1. The molecule has 174 valence electrons. The minimum Gasteiger partial charge on any atom is -0.487 e. The molecule has 0 fully saturated rings. The van der Waals surface area contributed by atoms with E-state index in [4.69, 9.17) is 9.47 Å². The lowest BCUT2D eigenvalue weighted by molar-refractivity contribution is -0.207. The van der Waals surface area contributed by atoms with Gasteiger partial charge in [-0.25, -0.2) is 4.98 Å². The Bertz CT molecular complexity index is 984. The molecule has 0 radical (unpaired) electrons. The van der Waals surface area contributed by atoms with Crippen LogP contribution >= 0.6 is 0 Å². The fraction of sp³-hybridized carbons (Fsp3) is 0.333. The van der Waals surface area contributed by atoms with Crippen LogP contribution in [-0.2, 0) is 15.7 Å². The molecule has 1 unspecified atom stereocenters. The predicted octanol–water partition coefficient (Wildman–Crippen LogP) is 5.17. The summed E-state index contributed by atoms with van der Waals surface area (Å²) in [5.41, 5.74) is -1.39. The zero-order chi connectivity index (χ0) is 24.3. The zero-order valence-electron chi connectivity index (χ0n) is 17.0. The number of aliphatic hydroxyl groups excluding tert-OH is 1. The van der Waals surface area contributed by atoms with Gasteiger partial charge in [0.05, 0.1) is 11.3 Å². The molecule has 32 heavy (non-hydrogen) atoms. The minimum absolute atomic E-state index is 0.0214. The molecule has 2 rings (SSSR count). The molecule has 1 aromatic carbocycles. The van der Waals surface area contributed by atoms with Gasteiger partial charge in [-0.3, -0.25) is 4.79 Å². The molecule has 0 saturated heterocycles. The summed E-state index contributed by atoms with van der Waals surface area (Å²) in [5, 5.41) is 9.59. The molecule has 0 saturated carbocycles. The summed E-state index contributed by atoms with van der Waals surface area (Å²) in [7, 11) is 0. The fourth-order valence-electron chi connectivity index (χ4n) is 2.61. The van der Waals surface area contributed by atoms with Crippen molar-refractivity contribution in [3.63, 3.8) is 0 Å². The molecule has 11 heteroatoms. The Morgan fingerprint density at radius 3 is 2.22 bits per heavy atom. The van der Waals surface area contributed by atoms with E-state index in [9.17, 15) is 36.2 Å². The Hall–Kier alpha value is -3.08. The zero-order valence-corrected chi connectivity index (χ0v) is 17.0. The third-order valence-corrected chi connectivity index (χ3v) is 4.15. The molecule has 1 heterocycles. The van der Waals surface area contributed by atoms with Gasteiger partial charge in [-0.05, 0) is 36.3 Å². The summed E-state index contributed by atoms with van der Waals surface area (Å²) in [5.74, 6) is -0.577. The highest BCUT2D eigenvalue weighted by atomic mass is 19.4. The van der Waals surface area contributed by atoms with Crippen LogP contribution in [0.2, 0.25) is 0 Å². The second-order valence-electron chi connectivity index (χ2n) is 6.88. The van der Waals surface area contributed by atoms with Crippen molar-refractivity contribution in [1.82, 2.24) is 4.98 Å². The number of benzene rings is 1. The number of halogens is 6. The smallest absolute Gasteiger partial charge is 0.420 e. The fourth-order valence-corrected chi connectivity index (χ4v) is 2.61. The number of hydrogen-bond acceptors (Lipinski definition) is 5. The van der Waals surface area contributed by atoms with E-state index in [0.29, 0.717) is 5.57 Å². The Labute approximate surface area is 179 Å². The van der Waals surface area contributed by atoms with Gasteiger partial charge in [0.1, 0.15) is 24.7 Å². The van der Waals surface area contributed by atoms with Crippen LogP contribution in [-0.4, -0.2) is 35.4 Å². The van der Waals surface area contributed by atoms with Crippen LogP contribution in [0, 0.1) is 6.92 Å². The first-order valence-corrected chi connectivity index (χ1v) is 9.07. The number of pyridine rings is 1. The maximum atomic E-state index is 13.0. The lowest BCUT2D eigenvalue weighted by Gasteiger charge is -2.20. The van der Waals surface area contributed by atoms with Crippen LogP contribution in [0.1, 0.15) is 29.8 Å². The van der Waals surface area contributed by atoms with Gasteiger partial charge in [-0.2, -0.15) is 26.3 Å². The number of carbonyl (C=O) groups excluding carboxylic acids is 1. The van der Waals surface area contributed by atoms with Gasteiger partial charge >= 0.3 is 18.3 Å². The molecular formula is C21H19F6NO4. The molecule has 0 bridgehead atoms. The average Bonchev–Trinajstić information content (AvgIpc) is 2.69. The number of hydrogen-bond donors (Lipinski definition) is 1. The summed E-state index contributed by atoms with van der Waals surface area (Å²) in [6.07, 6.45) is -12.5. The van der Waals surface area contributed by atoms with Gasteiger partial charge in [0, 0.05) is 12.5 Å². The number of nitrogens with zero attached hydrogens (tertiary/aromatic N) is 1. The minimum atomic E-state index is -5.00. The van der Waals surface area contributed by atoms with Crippen molar-refractivity contribution in [2.75, 3.05) is 13.2 Å². The largest absolute Gasteiger partial charge is 0.487 e. The number of aliphatic hydroxyl groups is 1. The molecule has 0 aliphatic rings. The quantitative estimate of drug-likeness (QED) is 0.349. The van der Waals surface area contributed by atoms with Crippen LogP contribution < -0.4 is 4.74 Å². The van der Waals surface area contributed by atoms with Crippen LogP contribution in [0.3, 0.4) is 0 Å². The lowest BCUT2D eigenvalue weighted by Crippen LogP contribution is -2.22. The number of rotatable bonds is 7. The third-order valence-electron chi connectivity index (χ3n) is 4.15. The Kier molecular flexibility index (Phi) is 7.55. The highest BCUT2D eigenvalue weighted by Gasteiger charge is 2.41. The normalized spacial score (nSPS) is 12.9. The van der Waals surface area contributed by atoms with Crippen molar-refractivity contribution in [3.05, 3.63) is 59.3 Å². The molecule has 5 nitrogen and oxygen atoms in total. The first-order chi connectivity index (χ1) is 14.7. The molecular weight excluding hydrogens is 444 g/mol. The van der Waals surface area contributed by atoms with Gasteiger partial charge in [-0.15, -0.1) is 0 Å². The van der Waals surface area contributed by atoms with Crippen LogP contribution in [0.25, 0.3) is 11.3 Å². The molecule has 2 aromatic rings. The first kappa shape index (κ1) is 25.2. The summed E-state index contributed by atoms with van der Waals surface area (Å²) < 4.78 is 87.9. The van der Waals surface area contributed by atoms with E-state index < -0.39 is 35.7 Å². The van der Waals surface area contributed by atoms with Crippen molar-refractivity contribution in [2.24, 2.45) is 0 Å². The van der Waals surface area contributed by atoms with E-state index in [2.05, 4.69) is 11.6 Å². The number of ether oxygens (including phenoxy) is 2. The SMILES string of the molecule is C=C(COC(C)=O)COc1c(C)cc(C(O)C(F)(F)F)nc1-c1ccc(C(F)(F)F)cc1. The highest BCUT2D eigenvalue weighted by molar-refractivity contribution is 5.69. The van der Waals surface area contributed by atoms with Crippen LogP contribution in [0.4, 0.5) is 26.3 Å². The summed E-state index contributed by atoms with van der Waals surface area (Å²) in [4.78, 5) is 14.7. The van der Waals surface area contributed by atoms with Gasteiger partial charge in [0.2, 0.25) is 0 Å². The molecule has 0 amide bonds. The Morgan fingerprint density at radius 1 is 1.12 bits per heavy atom. The first-order valence-electron chi connectivity index (χ1n) is 9.07. The maximum Gasteiger partial charge on any atom is 0.420 e. The highest BCUT2D eigenvalue weighted by Crippen LogP contribution is 2.38. The topological polar surface area (TPSA) is 68.7 Å². The van der Waals surface area contributed by atoms with E-state index in [-0.39, 0.29) is 35.8 Å². The maximum absolute atomic E-state index is 13.0. The van der Waals surface area contributed by atoms with Gasteiger partial charge in [-0.1, -0.05) is 18.7 Å². The molecule has 0 aliphatic carbocycles. The number of aryl methyl sites for hydroxylation is 1. The van der Waals surface area contributed by atoms with Crippen molar-refractivity contribution in [2.45, 2.75) is 32.3 Å². The summed E-state index contributed by atoms with van der Waals surface area (Å²) in [6.45, 7) is 5.87. The van der Waals surface area contributed by atoms with E-state index in [1.54, 1.807) is 0 Å². The molecule has 1 aromatic heterocycles. The van der Waals surface area contributed by atoms with E-state index >= 15 is 0 Å². The molecule has 0 aliphatic heterocycles. The monoisotopic (exact) mass is 463 g/mol. The summed E-state index contributed by atoms with van der Waals surface area (Å²) in [6, 6.07) is 4.55. The van der Waals surface area contributed by atoms with Crippen molar-refractivity contribution >= 4 is 5.97 Å². The number of esters is 1. The number of carbonyl (C=O) groups is 1. The molecule has 1 atom stereocenters. The van der Waals surface area contributed by atoms with Gasteiger partial charge in [0.15, 0.2) is 6.10 Å². The van der Waals surface area contributed by atoms with Crippen molar-refractivity contribution in [1.29, 1.82) is 0 Å². The van der Waals surface area contributed by atoms with E-state index in [1.165, 1.54) is 13.8 Å². The van der Waals surface area contributed by atoms with Crippen LogP contribution in [0.5, 0.6) is 5.75 Å². The van der Waals surface area contributed by atoms with Crippen LogP contribution in [0.15, 0.2) is 42.5 Å². The molecule has 1 N–H and O–H groups in total. The third kappa shape index (κ3) is 6.46. The Morgan fingerprint density at radius 2 is 1.72 bits per heavy atom. The average molecular weight is 463 g/mol. The van der Waals surface area contributed by atoms with Crippen molar-refractivity contribution in [3.8, 4) is 17.0 Å². The van der Waals surface area contributed by atoms with Gasteiger partial charge in [0.25, 0.3) is 0 Å². The van der Waals surface area contributed by atoms with E-state index in [0.717, 1.165) is 30.3 Å². The second-order valence-corrected chi connectivity index (χ2v) is 6.88.